The van der Waals surface area contributed by atoms with Gasteiger partial charge in [0.2, 0.25) is 0 Å². The standard InChI is InChI=1S/C17H22FN3O.ClH/c1-20-16(22)5-3-12-2-4-15(18)14(17(12)20)8-11-21-9-6-13(19)7-10-21;/h2-5,13H,6-11,19H2,1H3;1H. The number of aryl methyl sites for hydroxylation is 1. The third-order valence-electron chi connectivity index (χ3n) is 4.64. The summed E-state index contributed by atoms with van der Waals surface area (Å²) in [5, 5.41) is 0.902. The maximum absolute atomic E-state index is 14.3. The zero-order valence-electron chi connectivity index (χ0n) is 13.3. The summed E-state index contributed by atoms with van der Waals surface area (Å²) in [4.78, 5) is 14.2. The van der Waals surface area contributed by atoms with E-state index in [2.05, 4.69) is 4.90 Å². The fourth-order valence-electron chi connectivity index (χ4n) is 3.23. The van der Waals surface area contributed by atoms with Crippen molar-refractivity contribution in [3.63, 3.8) is 0 Å². The van der Waals surface area contributed by atoms with Crippen LogP contribution in [0.4, 0.5) is 4.39 Å². The lowest BCUT2D eigenvalue weighted by molar-refractivity contribution is 0.215. The second-order valence-corrected chi connectivity index (χ2v) is 6.12. The van der Waals surface area contributed by atoms with Crippen LogP contribution in [0.2, 0.25) is 0 Å². The first-order valence-corrected chi connectivity index (χ1v) is 7.81. The molecule has 1 aliphatic heterocycles. The third kappa shape index (κ3) is 3.74. The van der Waals surface area contributed by atoms with Gasteiger partial charge in [-0.15, -0.1) is 12.4 Å². The lowest BCUT2D eigenvalue weighted by Crippen LogP contribution is -2.40. The average molecular weight is 340 g/mol. The number of rotatable bonds is 3. The molecule has 2 heterocycles. The van der Waals surface area contributed by atoms with Crippen molar-refractivity contribution in [3.8, 4) is 0 Å². The van der Waals surface area contributed by atoms with Crippen LogP contribution in [0.1, 0.15) is 18.4 Å². The van der Waals surface area contributed by atoms with Gasteiger partial charge in [-0.2, -0.15) is 0 Å². The minimum absolute atomic E-state index is 0. The van der Waals surface area contributed by atoms with E-state index in [9.17, 15) is 9.18 Å². The molecule has 2 aromatic rings. The van der Waals surface area contributed by atoms with Crippen molar-refractivity contribution in [2.24, 2.45) is 12.8 Å². The molecule has 1 aromatic carbocycles. The molecule has 3 rings (SSSR count). The van der Waals surface area contributed by atoms with Crippen molar-refractivity contribution in [3.05, 3.63) is 46.0 Å². The lowest BCUT2D eigenvalue weighted by Gasteiger charge is -2.30. The molecule has 0 saturated carbocycles. The summed E-state index contributed by atoms with van der Waals surface area (Å²) in [7, 11) is 1.70. The summed E-state index contributed by atoms with van der Waals surface area (Å²) in [6.45, 7) is 2.73. The van der Waals surface area contributed by atoms with Gasteiger partial charge in [0, 0.05) is 31.3 Å². The topological polar surface area (TPSA) is 51.3 Å². The Morgan fingerprint density at radius 1 is 1.22 bits per heavy atom. The Bertz CT molecular complexity index is 738. The molecule has 0 amide bonds. The van der Waals surface area contributed by atoms with Gasteiger partial charge in [-0.05, 0) is 55.9 Å². The summed E-state index contributed by atoms with van der Waals surface area (Å²) >= 11 is 0. The molecule has 6 heteroatoms. The number of nitrogens with zero attached hydrogens (tertiary/aromatic N) is 2. The largest absolute Gasteiger partial charge is 0.328 e. The fourth-order valence-corrected chi connectivity index (χ4v) is 3.23. The van der Waals surface area contributed by atoms with Crippen LogP contribution < -0.4 is 11.3 Å². The highest BCUT2D eigenvalue weighted by Gasteiger charge is 2.17. The molecule has 126 valence electrons. The molecular weight excluding hydrogens is 317 g/mol. The maximum Gasteiger partial charge on any atom is 0.250 e. The molecular formula is C17H23ClFN3O. The zero-order chi connectivity index (χ0) is 15.7. The molecule has 1 aliphatic rings. The molecule has 23 heavy (non-hydrogen) atoms. The molecule has 0 unspecified atom stereocenters. The number of halogens is 2. The summed E-state index contributed by atoms with van der Waals surface area (Å²) in [6.07, 6.45) is 2.60. The summed E-state index contributed by atoms with van der Waals surface area (Å²) in [5.41, 5.74) is 7.15. The van der Waals surface area contributed by atoms with Gasteiger partial charge in [-0.1, -0.05) is 0 Å². The second-order valence-electron chi connectivity index (χ2n) is 6.12. The molecule has 1 fully saturated rings. The minimum Gasteiger partial charge on any atom is -0.328 e. The van der Waals surface area contributed by atoms with Crippen molar-refractivity contribution in [2.75, 3.05) is 19.6 Å². The van der Waals surface area contributed by atoms with Crippen molar-refractivity contribution in [2.45, 2.75) is 25.3 Å². The highest BCUT2D eigenvalue weighted by molar-refractivity contribution is 5.85. The van der Waals surface area contributed by atoms with Gasteiger partial charge in [-0.3, -0.25) is 4.79 Å². The van der Waals surface area contributed by atoms with E-state index in [1.165, 1.54) is 12.1 Å². The van der Waals surface area contributed by atoms with Gasteiger partial charge in [0.05, 0.1) is 5.52 Å². The molecule has 2 N–H and O–H groups in total. The van der Waals surface area contributed by atoms with Gasteiger partial charge in [0.1, 0.15) is 5.82 Å². The Labute approximate surface area is 141 Å². The molecule has 0 bridgehead atoms. The van der Waals surface area contributed by atoms with Gasteiger partial charge in [-0.25, -0.2) is 4.39 Å². The Kier molecular flexibility index (Phi) is 5.79. The number of piperidine rings is 1. The van der Waals surface area contributed by atoms with Gasteiger partial charge < -0.3 is 15.2 Å². The monoisotopic (exact) mass is 339 g/mol. The van der Waals surface area contributed by atoms with Crippen molar-refractivity contribution in [1.82, 2.24) is 9.47 Å². The average Bonchev–Trinajstić information content (AvgIpc) is 2.52. The summed E-state index contributed by atoms with van der Waals surface area (Å²) in [6, 6.07) is 6.81. The number of aromatic nitrogens is 1. The van der Waals surface area contributed by atoms with E-state index in [0.29, 0.717) is 23.5 Å². The number of benzene rings is 1. The van der Waals surface area contributed by atoms with Crippen molar-refractivity contribution < 1.29 is 4.39 Å². The van der Waals surface area contributed by atoms with Crippen LogP contribution >= 0.6 is 12.4 Å². The normalized spacial score (nSPS) is 16.5. The van der Waals surface area contributed by atoms with E-state index < -0.39 is 0 Å². The van der Waals surface area contributed by atoms with E-state index in [4.69, 9.17) is 5.73 Å². The first kappa shape index (κ1) is 17.9. The molecule has 0 atom stereocenters. The quantitative estimate of drug-likeness (QED) is 0.931. The van der Waals surface area contributed by atoms with E-state index >= 15 is 0 Å². The molecule has 4 nitrogen and oxygen atoms in total. The van der Waals surface area contributed by atoms with Crippen LogP contribution in [-0.2, 0) is 13.5 Å². The zero-order valence-corrected chi connectivity index (χ0v) is 14.1. The first-order valence-electron chi connectivity index (χ1n) is 7.81. The third-order valence-corrected chi connectivity index (χ3v) is 4.64. The van der Waals surface area contributed by atoms with Crippen LogP contribution in [-0.4, -0.2) is 35.1 Å². The van der Waals surface area contributed by atoms with Crippen LogP contribution in [0.15, 0.2) is 29.1 Å². The highest BCUT2D eigenvalue weighted by Crippen LogP contribution is 2.21. The van der Waals surface area contributed by atoms with Crippen LogP contribution in [0, 0.1) is 5.82 Å². The number of likely N-dealkylation sites (tertiary alicyclic amines) is 1. The molecule has 0 spiro atoms. The van der Waals surface area contributed by atoms with Gasteiger partial charge in [0.25, 0.3) is 5.56 Å². The van der Waals surface area contributed by atoms with Gasteiger partial charge in [0.15, 0.2) is 0 Å². The predicted octanol–water partition coefficient (Wildman–Crippen LogP) is 2.06. The molecule has 1 saturated heterocycles. The Morgan fingerprint density at radius 3 is 2.57 bits per heavy atom. The van der Waals surface area contributed by atoms with E-state index in [1.54, 1.807) is 23.7 Å². The predicted molar refractivity (Wildman–Crippen MR) is 93.7 cm³/mol. The molecule has 0 radical (unpaired) electrons. The number of fused-ring (bicyclic) bond motifs is 1. The Morgan fingerprint density at radius 2 is 1.87 bits per heavy atom. The number of pyridine rings is 1. The highest BCUT2D eigenvalue weighted by atomic mass is 35.5. The summed E-state index contributed by atoms with van der Waals surface area (Å²) < 4.78 is 15.8. The fraction of sp³-hybridized carbons (Fsp3) is 0.471. The summed E-state index contributed by atoms with van der Waals surface area (Å²) in [5.74, 6) is -0.234. The minimum atomic E-state index is -0.234. The molecule has 1 aromatic heterocycles. The number of hydrogen-bond donors (Lipinski definition) is 1. The Hall–Kier alpha value is -1.43. The van der Waals surface area contributed by atoms with Crippen LogP contribution in [0.3, 0.4) is 0 Å². The van der Waals surface area contributed by atoms with Crippen LogP contribution in [0.25, 0.3) is 10.9 Å². The Balaban J connectivity index is 0.00000192. The lowest BCUT2D eigenvalue weighted by atomic mass is 10.0. The van der Waals surface area contributed by atoms with E-state index in [1.807, 2.05) is 0 Å². The SMILES string of the molecule is Cl.Cn1c(=O)ccc2ccc(F)c(CCN3CCC(N)CC3)c21. The number of hydrogen-bond acceptors (Lipinski definition) is 3. The van der Waals surface area contributed by atoms with E-state index in [0.717, 1.165) is 37.9 Å². The van der Waals surface area contributed by atoms with Crippen molar-refractivity contribution in [1.29, 1.82) is 0 Å². The van der Waals surface area contributed by atoms with Gasteiger partial charge >= 0.3 is 0 Å². The molecule has 0 aliphatic carbocycles. The number of nitrogens with two attached hydrogens (primary N) is 1. The van der Waals surface area contributed by atoms with E-state index in [-0.39, 0.29) is 23.8 Å². The smallest absolute Gasteiger partial charge is 0.250 e. The second kappa shape index (κ2) is 7.43. The van der Waals surface area contributed by atoms with Crippen molar-refractivity contribution >= 4 is 23.3 Å². The maximum atomic E-state index is 14.3. The first-order chi connectivity index (χ1) is 10.6. The van der Waals surface area contributed by atoms with Crippen LogP contribution in [0.5, 0.6) is 0 Å².